The van der Waals surface area contributed by atoms with E-state index >= 15 is 0 Å². The predicted molar refractivity (Wildman–Crippen MR) is 102 cm³/mol. The van der Waals surface area contributed by atoms with Gasteiger partial charge in [0, 0.05) is 10.9 Å². The highest BCUT2D eigenvalue weighted by Crippen LogP contribution is 2.17. The number of Topliss-reactive ketones (excluding diaryl/α,β-unsaturated/α-hetero) is 1. The van der Waals surface area contributed by atoms with Gasteiger partial charge in [0.25, 0.3) is 5.91 Å². The molecule has 1 atom stereocenters. The van der Waals surface area contributed by atoms with Crippen molar-refractivity contribution in [2.45, 2.75) is 20.0 Å². The summed E-state index contributed by atoms with van der Waals surface area (Å²) in [6.45, 7) is 2.88. The van der Waals surface area contributed by atoms with Crippen LogP contribution in [-0.2, 0) is 9.53 Å². The van der Waals surface area contributed by atoms with Crippen LogP contribution < -0.4 is 5.32 Å². The molecule has 0 aliphatic heterocycles. The van der Waals surface area contributed by atoms with Crippen LogP contribution in [0.1, 0.15) is 34.7 Å². The minimum Gasteiger partial charge on any atom is -0.448 e. The molecule has 136 valence electrons. The second-order valence-corrected chi connectivity index (χ2v) is 6.03. The molecule has 1 amide bonds. The van der Waals surface area contributed by atoms with Crippen molar-refractivity contribution >= 4 is 34.3 Å². The first kappa shape index (κ1) is 18.3. The summed E-state index contributed by atoms with van der Waals surface area (Å²) in [5.74, 6) is -1.39. The molecule has 3 rings (SSSR count). The molecule has 6 nitrogen and oxygen atoms in total. The summed E-state index contributed by atoms with van der Waals surface area (Å²) in [5.41, 5.74) is 1.55. The molecular formula is C21H18N2O4. The normalized spacial score (nSPS) is 11.6. The fourth-order valence-corrected chi connectivity index (χ4v) is 2.59. The van der Waals surface area contributed by atoms with Crippen molar-refractivity contribution in [2.75, 3.05) is 5.32 Å². The third-order valence-electron chi connectivity index (χ3n) is 4.02. The number of ketones is 1. The smallest absolute Gasteiger partial charge is 0.357 e. The molecule has 0 fully saturated rings. The molecular weight excluding hydrogens is 344 g/mol. The molecule has 0 bridgehead atoms. The summed E-state index contributed by atoms with van der Waals surface area (Å²) in [6.07, 6.45) is -1.05. The van der Waals surface area contributed by atoms with E-state index in [4.69, 9.17) is 4.74 Å². The molecule has 0 radical (unpaired) electrons. The maximum Gasteiger partial charge on any atom is 0.357 e. The molecule has 0 unspecified atom stereocenters. The summed E-state index contributed by atoms with van der Waals surface area (Å²) in [4.78, 5) is 40.6. The average Bonchev–Trinajstić information content (AvgIpc) is 2.67. The third-order valence-corrected chi connectivity index (χ3v) is 4.02. The Morgan fingerprint density at radius 2 is 1.67 bits per heavy atom. The summed E-state index contributed by atoms with van der Waals surface area (Å²) >= 11 is 0. The Morgan fingerprint density at radius 3 is 2.44 bits per heavy atom. The Balaban J connectivity index is 1.70. The summed E-state index contributed by atoms with van der Waals surface area (Å²) in [6, 6.07) is 17.4. The van der Waals surface area contributed by atoms with Gasteiger partial charge in [0.2, 0.25) is 0 Å². The lowest BCUT2D eigenvalue weighted by atomic mass is 10.1. The number of rotatable bonds is 5. The van der Waals surface area contributed by atoms with Crippen molar-refractivity contribution in [3.05, 3.63) is 71.9 Å². The quantitative estimate of drug-likeness (QED) is 0.553. The molecule has 0 aliphatic carbocycles. The van der Waals surface area contributed by atoms with Gasteiger partial charge in [-0.3, -0.25) is 9.59 Å². The minimum atomic E-state index is -1.05. The molecule has 1 aromatic heterocycles. The van der Waals surface area contributed by atoms with Gasteiger partial charge in [-0.1, -0.05) is 36.4 Å². The Kier molecular flexibility index (Phi) is 5.26. The first-order chi connectivity index (χ1) is 13.0. The van der Waals surface area contributed by atoms with E-state index in [0.29, 0.717) is 16.8 Å². The average molecular weight is 362 g/mol. The summed E-state index contributed by atoms with van der Waals surface area (Å²) in [5, 5.41) is 3.52. The van der Waals surface area contributed by atoms with Crippen LogP contribution in [0.25, 0.3) is 10.9 Å². The second kappa shape index (κ2) is 7.78. The van der Waals surface area contributed by atoms with Crippen LogP contribution in [0.5, 0.6) is 0 Å². The molecule has 2 aromatic carbocycles. The number of pyridine rings is 1. The molecule has 0 spiro atoms. The zero-order chi connectivity index (χ0) is 19.4. The highest BCUT2D eigenvalue weighted by atomic mass is 16.5. The molecule has 3 aromatic rings. The number of aromatic nitrogens is 1. The van der Waals surface area contributed by atoms with Gasteiger partial charge in [-0.15, -0.1) is 0 Å². The number of hydrogen-bond donors (Lipinski definition) is 1. The number of nitrogens with zero attached hydrogens (tertiary/aromatic N) is 1. The van der Waals surface area contributed by atoms with E-state index in [1.165, 1.54) is 13.8 Å². The molecule has 1 heterocycles. The number of anilines is 1. The fourth-order valence-electron chi connectivity index (χ4n) is 2.59. The van der Waals surface area contributed by atoms with Gasteiger partial charge < -0.3 is 10.1 Å². The Labute approximate surface area is 156 Å². The number of esters is 1. The van der Waals surface area contributed by atoms with Gasteiger partial charge in [0.1, 0.15) is 5.69 Å². The van der Waals surface area contributed by atoms with Crippen molar-refractivity contribution in [1.82, 2.24) is 4.98 Å². The fraction of sp³-hybridized carbons (Fsp3) is 0.143. The number of hydrogen-bond acceptors (Lipinski definition) is 5. The lowest BCUT2D eigenvalue weighted by molar-refractivity contribution is -0.123. The van der Waals surface area contributed by atoms with Crippen LogP contribution in [0, 0.1) is 0 Å². The van der Waals surface area contributed by atoms with Gasteiger partial charge in [-0.05, 0) is 38.1 Å². The van der Waals surface area contributed by atoms with Gasteiger partial charge in [0.05, 0.1) is 11.2 Å². The maximum absolute atomic E-state index is 12.3. The van der Waals surface area contributed by atoms with E-state index in [9.17, 15) is 14.4 Å². The van der Waals surface area contributed by atoms with Crippen molar-refractivity contribution in [3.63, 3.8) is 0 Å². The largest absolute Gasteiger partial charge is 0.448 e. The van der Waals surface area contributed by atoms with Crippen LogP contribution in [0.3, 0.4) is 0 Å². The van der Waals surface area contributed by atoms with Crippen molar-refractivity contribution in [2.24, 2.45) is 0 Å². The van der Waals surface area contributed by atoms with Crippen LogP contribution in [0.15, 0.2) is 60.7 Å². The van der Waals surface area contributed by atoms with Gasteiger partial charge >= 0.3 is 5.97 Å². The number of para-hydroxylation sites is 2. The molecule has 0 saturated heterocycles. The number of amides is 1. The van der Waals surface area contributed by atoms with Gasteiger partial charge in [-0.2, -0.15) is 0 Å². The van der Waals surface area contributed by atoms with Crippen LogP contribution in [-0.4, -0.2) is 28.7 Å². The van der Waals surface area contributed by atoms with E-state index < -0.39 is 18.0 Å². The zero-order valence-electron chi connectivity index (χ0n) is 14.9. The molecule has 27 heavy (non-hydrogen) atoms. The zero-order valence-corrected chi connectivity index (χ0v) is 14.9. The van der Waals surface area contributed by atoms with Crippen LogP contribution in [0.2, 0.25) is 0 Å². The van der Waals surface area contributed by atoms with Gasteiger partial charge in [0.15, 0.2) is 11.9 Å². The lowest BCUT2D eigenvalue weighted by Crippen LogP contribution is -2.30. The van der Waals surface area contributed by atoms with Gasteiger partial charge in [-0.25, -0.2) is 9.78 Å². The van der Waals surface area contributed by atoms with E-state index in [2.05, 4.69) is 10.3 Å². The SMILES string of the molecule is CC(=O)c1ccccc1NC(=O)[C@@H](C)OC(=O)c1ccc2ccccc2n1. The monoisotopic (exact) mass is 362 g/mol. The van der Waals surface area contributed by atoms with E-state index in [1.54, 1.807) is 42.5 Å². The number of carbonyl (C=O) groups is 3. The van der Waals surface area contributed by atoms with Crippen LogP contribution >= 0.6 is 0 Å². The topological polar surface area (TPSA) is 85.4 Å². The standard InChI is InChI=1S/C21H18N2O4/c1-13(24)16-8-4-6-10-18(16)23-20(25)14(2)27-21(26)19-12-11-15-7-3-5-9-17(15)22-19/h3-12,14H,1-2H3,(H,23,25)/t14-/m1/s1. The second-order valence-electron chi connectivity index (χ2n) is 6.03. The first-order valence-corrected chi connectivity index (χ1v) is 8.43. The van der Waals surface area contributed by atoms with E-state index in [-0.39, 0.29) is 11.5 Å². The maximum atomic E-state index is 12.3. The van der Waals surface area contributed by atoms with E-state index in [1.807, 2.05) is 18.2 Å². The number of carbonyl (C=O) groups excluding carboxylic acids is 3. The Hall–Kier alpha value is -3.54. The Bertz CT molecular complexity index is 1030. The molecule has 1 N–H and O–H groups in total. The number of nitrogens with one attached hydrogen (secondary N) is 1. The lowest BCUT2D eigenvalue weighted by Gasteiger charge is -2.15. The molecule has 0 saturated carbocycles. The first-order valence-electron chi connectivity index (χ1n) is 8.43. The van der Waals surface area contributed by atoms with E-state index in [0.717, 1.165) is 5.39 Å². The summed E-state index contributed by atoms with van der Waals surface area (Å²) in [7, 11) is 0. The van der Waals surface area contributed by atoms with Crippen molar-refractivity contribution in [3.8, 4) is 0 Å². The highest BCUT2D eigenvalue weighted by Gasteiger charge is 2.21. The summed E-state index contributed by atoms with van der Waals surface area (Å²) < 4.78 is 5.22. The highest BCUT2D eigenvalue weighted by molar-refractivity contribution is 6.05. The predicted octanol–water partition coefficient (Wildman–Crippen LogP) is 3.62. The van der Waals surface area contributed by atoms with Crippen molar-refractivity contribution in [1.29, 1.82) is 0 Å². The minimum absolute atomic E-state index is 0.123. The van der Waals surface area contributed by atoms with Crippen LogP contribution in [0.4, 0.5) is 5.69 Å². The molecule has 0 aliphatic rings. The molecule has 6 heteroatoms. The number of ether oxygens (including phenoxy) is 1. The number of benzene rings is 2. The van der Waals surface area contributed by atoms with Crippen molar-refractivity contribution < 1.29 is 19.1 Å². The third kappa shape index (κ3) is 4.17. The Morgan fingerprint density at radius 1 is 0.963 bits per heavy atom. The number of fused-ring (bicyclic) bond motifs is 1.